The smallest absolute Gasteiger partial charge is 0.0707 e. The average molecular weight is 371 g/mol. The molecule has 0 aromatic heterocycles. The topological polar surface area (TPSA) is 0 Å². The summed E-state index contributed by atoms with van der Waals surface area (Å²) in [7, 11) is -3.99. The molecule has 0 N–H and O–H groups in total. The monoisotopic (exact) mass is 370 g/mol. The van der Waals surface area contributed by atoms with Gasteiger partial charge in [0.1, 0.15) is 7.59 Å². The Bertz CT molecular complexity index is 588. The molecular weight excluding hydrogens is 336 g/mol. The second-order valence-electron chi connectivity index (χ2n) is 9.16. The Labute approximate surface area is 152 Å². The Morgan fingerprint density at radius 2 is 1.00 bits per heavy atom. The van der Waals surface area contributed by atoms with Crippen LogP contribution in [0.15, 0.2) is 60.7 Å². The van der Waals surface area contributed by atoms with Crippen molar-refractivity contribution in [1.29, 1.82) is 0 Å². The van der Waals surface area contributed by atoms with Crippen LogP contribution in [0.1, 0.15) is 6.42 Å². The maximum absolute atomic E-state index is 2.66. The zero-order valence-corrected chi connectivity index (χ0v) is 19.4. The van der Waals surface area contributed by atoms with E-state index in [0.717, 1.165) is 0 Å². The van der Waals surface area contributed by atoms with Crippen molar-refractivity contribution in [3.63, 3.8) is 0 Å². The minimum Gasteiger partial charge on any atom is -0.0707 e. The minimum atomic E-state index is -1.67. The molecule has 0 aliphatic rings. The normalized spacial score (nSPS) is 13.1. The zero-order chi connectivity index (χ0) is 17.8. The van der Waals surface area contributed by atoms with Gasteiger partial charge in [-0.15, -0.1) is 0 Å². The Hall–Kier alpha value is -0.909. The van der Waals surface area contributed by atoms with E-state index in [1.54, 1.807) is 10.4 Å². The molecule has 0 amide bonds. The molecule has 0 heterocycles. The minimum absolute atomic E-state index is 0.937. The second kappa shape index (κ2) is 7.54. The maximum Gasteiger partial charge on any atom is 0.107 e. The fourth-order valence-electron chi connectivity index (χ4n) is 3.80. The van der Waals surface area contributed by atoms with Crippen LogP contribution < -0.4 is 10.4 Å². The molecular formula is C21H34Si3. The molecule has 0 unspecified atom stereocenters. The summed E-state index contributed by atoms with van der Waals surface area (Å²) in [6.07, 6.45) is 1.43. The van der Waals surface area contributed by atoms with E-state index in [1.807, 2.05) is 0 Å². The van der Waals surface area contributed by atoms with Gasteiger partial charge in [-0.25, -0.2) is 0 Å². The van der Waals surface area contributed by atoms with Gasteiger partial charge in [-0.3, -0.25) is 0 Å². The van der Waals surface area contributed by atoms with E-state index in [2.05, 4.69) is 99.9 Å². The lowest BCUT2D eigenvalue weighted by Gasteiger charge is -2.43. The van der Waals surface area contributed by atoms with E-state index in [0.29, 0.717) is 0 Å². The first-order valence-corrected chi connectivity index (χ1v) is 19.7. The molecule has 2 aromatic rings. The highest BCUT2D eigenvalue weighted by molar-refractivity contribution is 7.50. The molecule has 0 aliphatic carbocycles. The van der Waals surface area contributed by atoms with Gasteiger partial charge in [-0.1, -0.05) is 129 Å². The molecule has 3 heteroatoms. The lowest BCUT2D eigenvalue weighted by molar-refractivity contribution is 1.02. The summed E-state index contributed by atoms with van der Waals surface area (Å²) >= 11 is 0. The van der Waals surface area contributed by atoms with Gasteiger partial charge in [-0.05, 0) is 0 Å². The van der Waals surface area contributed by atoms with Gasteiger partial charge in [0.05, 0.1) is 7.59 Å². The summed E-state index contributed by atoms with van der Waals surface area (Å²) in [6, 6.07) is 25.8. The first-order chi connectivity index (χ1) is 11.2. The van der Waals surface area contributed by atoms with Crippen LogP contribution in [0.2, 0.25) is 51.4 Å². The quantitative estimate of drug-likeness (QED) is 0.573. The largest absolute Gasteiger partial charge is 0.107 e. The van der Waals surface area contributed by atoms with Crippen LogP contribution in [0, 0.1) is 0 Å². The first kappa shape index (κ1) is 19.4. The molecule has 0 bridgehead atoms. The van der Waals surface area contributed by atoms with E-state index in [9.17, 15) is 0 Å². The lowest BCUT2D eigenvalue weighted by atomic mass is 10.4. The molecule has 0 fully saturated rings. The molecule has 0 aliphatic heterocycles. The molecule has 130 valence electrons. The second-order valence-corrected chi connectivity index (χ2v) is 29.5. The van der Waals surface area contributed by atoms with Crippen molar-refractivity contribution in [2.45, 2.75) is 57.8 Å². The number of rotatable bonds is 7. The highest BCUT2D eigenvalue weighted by Crippen LogP contribution is 2.27. The van der Waals surface area contributed by atoms with E-state index < -0.39 is 23.3 Å². The van der Waals surface area contributed by atoms with E-state index in [1.165, 1.54) is 18.5 Å². The molecule has 0 saturated carbocycles. The predicted octanol–water partition coefficient (Wildman–Crippen LogP) is 5.39. The van der Waals surface area contributed by atoms with Crippen molar-refractivity contribution in [2.75, 3.05) is 0 Å². The van der Waals surface area contributed by atoms with Crippen LogP contribution in [0.4, 0.5) is 0 Å². The van der Waals surface area contributed by atoms with Gasteiger partial charge in [0.25, 0.3) is 0 Å². The van der Waals surface area contributed by atoms with Crippen LogP contribution in [0.3, 0.4) is 0 Å². The van der Waals surface area contributed by atoms with E-state index in [-0.39, 0.29) is 0 Å². The van der Waals surface area contributed by atoms with E-state index >= 15 is 0 Å². The van der Waals surface area contributed by atoms with Crippen LogP contribution in [0.5, 0.6) is 0 Å². The highest BCUT2D eigenvalue weighted by Gasteiger charge is 2.46. The van der Waals surface area contributed by atoms with Crippen molar-refractivity contribution < 1.29 is 0 Å². The SMILES string of the molecule is C[Si](C)(C)CCC[Si](C)(C)[Si](C)(c1ccccc1)c1ccccc1. The Morgan fingerprint density at radius 1 is 0.583 bits per heavy atom. The van der Waals surface area contributed by atoms with E-state index in [4.69, 9.17) is 0 Å². The molecule has 0 spiro atoms. The summed E-state index contributed by atoms with van der Waals surface area (Å²) in [5.41, 5.74) is 0. The molecule has 0 saturated heterocycles. The first-order valence-electron chi connectivity index (χ1n) is 9.28. The van der Waals surface area contributed by atoms with Gasteiger partial charge < -0.3 is 0 Å². The number of hydrogen-bond donors (Lipinski definition) is 0. The third-order valence-corrected chi connectivity index (χ3v) is 25.5. The number of hydrogen-bond acceptors (Lipinski definition) is 0. The van der Waals surface area contributed by atoms with Gasteiger partial charge in [0.2, 0.25) is 0 Å². The van der Waals surface area contributed by atoms with Crippen molar-refractivity contribution in [2.24, 2.45) is 0 Å². The van der Waals surface area contributed by atoms with Crippen LogP contribution >= 0.6 is 0 Å². The predicted molar refractivity (Wildman–Crippen MR) is 119 cm³/mol. The maximum atomic E-state index is 2.66. The molecule has 0 atom stereocenters. The van der Waals surface area contributed by atoms with Gasteiger partial charge in [0.15, 0.2) is 0 Å². The Kier molecular flexibility index (Phi) is 6.10. The van der Waals surface area contributed by atoms with Crippen LogP contribution in [-0.4, -0.2) is 23.3 Å². The third kappa shape index (κ3) is 4.38. The molecule has 0 radical (unpaired) electrons. The van der Waals surface area contributed by atoms with Crippen molar-refractivity contribution in [3.8, 4) is 0 Å². The van der Waals surface area contributed by atoms with Gasteiger partial charge >= 0.3 is 0 Å². The summed E-state index contributed by atoms with van der Waals surface area (Å²) in [5, 5.41) is 3.25. The number of benzene rings is 2. The summed E-state index contributed by atoms with van der Waals surface area (Å²) in [5.74, 6) is 0. The fourth-order valence-corrected chi connectivity index (χ4v) is 18.3. The van der Waals surface area contributed by atoms with Crippen LogP contribution in [0.25, 0.3) is 0 Å². The molecule has 2 aromatic carbocycles. The summed E-state index contributed by atoms with van der Waals surface area (Å²) < 4.78 is 0. The van der Waals surface area contributed by atoms with Crippen molar-refractivity contribution >= 4 is 33.6 Å². The molecule has 24 heavy (non-hydrogen) atoms. The lowest BCUT2D eigenvalue weighted by Crippen LogP contribution is -2.72. The van der Waals surface area contributed by atoms with Crippen LogP contribution in [-0.2, 0) is 0 Å². The average Bonchev–Trinajstić information content (AvgIpc) is 2.54. The molecule has 0 nitrogen and oxygen atoms in total. The Balaban J connectivity index is 2.39. The Morgan fingerprint density at radius 3 is 1.38 bits per heavy atom. The summed E-state index contributed by atoms with van der Waals surface area (Å²) in [4.78, 5) is 0. The fraction of sp³-hybridized carbons (Fsp3) is 0.429. The molecule has 2 rings (SSSR count). The standard InChI is InChI=1S/C21H34Si3/c1-22(2,3)18-13-19-23(4,5)24(6,20-14-9-7-10-15-20)21-16-11-8-12-17-21/h7-12,14-17H,13,18-19H2,1-6H3. The highest BCUT2D eigenvalue weighted by atomic mass is 29.3. The zero-order valence-electron chi connectivity index (χ0n) is 16.4. The van der Waals surface area contributed by atoms with Gasteiger partial charge in [-0.2, -0.15) is 0 Å². The summed E-state index contributed by atoms with van der Waals surface area (Å²) in [6.45, 7) is 15.5. The third-order valence-electron chi connectivity index (χ3n) is 5.78. The van der Waals surface area contributed by atoms with Gasteiger partial charge in [0, 0.05) is 8.07 Å². The van der Waals surface area contributed by atoms with Crippen molar-refractivity contribution in [1.82, 2.24) is 0 Å². The van der Waals surface area contributed by atoms with Crippen molar-refractivity contribution in [3.05, 3.63) is 60.7 Å².